The Kier molecular flexibility index (Phi) is 5.72. The van der Waals surface area contributed by atoms with Gasteiger partial charge in [-0.05, 0) is 48.5 Å². The van der Waals surface area contributed by atoms with Crippen molar-refractivity contribution >= 4 is 38.1 Å². The number of hydrogen-bond acceptors (Lipinski definition) is 5. The summed E-state index contributed by atoms with van der Waals surface area (Å²) in [7, 11) is -3.85. The zero-order chi connectivity index (χ0) is 21.2. The number of nitrogens with one attached hydrogen (secondary N) is 2. The smallest absolute Gasteiger partial charge is 0.261 e. The van der Waals surface area contributed by atoms with E-state index in [2.05, 4.69) is 15.0 Å². The number of benzene rings is 2. The van der Waals surface area contributed by atoms with Crippen molar-refractivity contribution in [2.45, 2.75) is 31.1 Å². The van der Waals surface area contributed by atoms with Crippen LogP contribution in [-0.2, 0) is 15.4 Å². The van der Waals surface area contributed by atoms with Crippen LogP contribution >= 0.6 is 11.3 Å². The molecule has 1 aromatic heterocycles. The predicted molar refractivity (Wildman–Crippen MR) is 112 cm³/mol. The number of carbonyl (C=O) groups is 1. The number of anilines is 2. The quantitative estimate of drug-likeness (QED) is 0.614. The molecule has 3 aromatic rings. The Balaban J connectivity index is 1.68. The summed E-state index contributed by atoms with van der Waals surface area (Å²) in [6.07, 6.45) is 0. The lowest BCUT2D eigenvalue weighted by Gasteiger charge is -2.14. The maximum absolute atomic E-state index is 13.0. The first-order valence-electron chi connectivity index (χ1n) is 8.70. The van der Waals surface area contributed by atoms with Crippen LogP contribution in [0.2, 0.25) is 0 Å². The summed E-state index contributed by atoms with van der Waals surface area (Å²) in [6, 6.07) is 10.5. The van der Waals surface area contributed by atoms with Crippen LogP contribution in [0.15, 0.2) is 58.8 Å². The molecule has 0 spiro atoms. The molecule has 3 rings (SSSR count). The van der Waals surface area contributed by atoms with E-state index < -0.39 is 15.8 Å². The van der Waals surface area contributed by atoms with Crippen molar-refractivity contribution in [2.24, 2.45) is 0 Å². The van der Waals surface area contributed by atoms with Crippen LogP contribution in [0.25, 0.3) is 0 Å². The van der Waals surface area contributed by atoms with Crippen molar-refractivity contribution in [3.63, 3.8) is 0 Å². The third-order valence-electron chi connectivity index (χ3n) is 4.02. The molecular weight excluding hydrogens is 413 g/mol. The van der Waals surface area contributed by atoms with Gasteiger partial charge >= 0.3 is 0 Å². The van der Waals surface area contributed by atoms with Crippen LogP contribution in [-0.4, -0.2) is 19.3 Å². The van der Waals surface area contributed by atoms with Gasteiger partial charge in [0.15, 0.2) is 5.13 Å². The maximum atomic E-state index is 13.0. The molecule has 2 N–H and O–H groups in total. The monoisotopic (exact) mass is 433 g/mol. The Morgan fingerprint density at radius 3 is 2.21 bits per heavy atom. The third-order valence-corrected chi connectivity index (χ3v) is 6.17. The Morgan fingerprint density at radius 1 is 1.03 bits per heavy atom. The summed E-state index contributed by atoms with van der Waals surface area (Å²) < 4.78 is 40.1. The predicted octanol–water partition coefficient (Wildman–Crippen LogP) is 4.63. The first kappa shape index (κ1) is 20.9. The lowest BCUT2D eigenvalue weighted by Crippen LogP contribution is -2.15. The van der Waals surface area contributed by atoms with E-state index in [1.165, 1.54) is 47.7 Å². The fourth-order valence-electron chi connectivity index (χ4n) is 2.36. The van der Waals surface area contributed by atoms with Gasteiger partial charge in [0.1, 0.15) is 5.82 Å². The molecule has 29 heavy (non-hydrogen) atoms. The van der Waals surface area contributed by atoms with Gasteiger partial charge in [-0.25, -0.2) is 17.8 Å². The van der Waals surface area contributed by atoms with Gasteiger partial charge in [-0.15, -0.1) is 11.3 Å². The fraction of sp³-hybridized carbons (Fsp3) is 0.200. The van der Waals surface area contributed by atoms with E-state index in [-0.39, 0.29) is 21.9 Å². The Morgan fingerprint density at radius 2 is 1.66 bits per heavy atom. The van der Waals surface area contributed by atoms with Crippen LogP contribution in [0.4, 0.5) is 15.2 Å². The van der Waals surface area contributed by atoms with E-state index in [1.54, 1.807) is 0 Å². The molecule has 9 heteroatoms. The standard InChI is InChI=1S/C20H20FN3O3S2/c1-20(2,3)17-12-28-19(22-17)23-18(25)13-4-8-15(9-5-13)24-29(26,27)16-10-6-14(21)7-11-16/h4-12,24H,1-3H3,(H,22,23,25). The molecule has 2 aromatic carbocycles. The van der Waals surface area contributed by atoms with Crippen LogP contribution in [0.5, 0.6) is 0 Å². The van der Waals surface area contributed by atoms with Gasteiger partial charge in [-0.1, -0.05) is 20.8 Å². The molecule has 0 bridgehead atoms. The third kappa shape index (κ3) is 5.18. The zero-order valence-electron chi connectivity index (χ0n) is 16.1. The van der Waals surface area contributed by atoms with Crippen molar-refractivity contribution in [2.75, 3.05) is 10.0 Å². The summed E-state index contributed by atoms with van der Waals surface area (Å²) in [6.45, 7) is 6.12. The minimum atomic E-state index is -3.85. The Bertz CT molecular complexity index is 1120. The van der Waals surface area contributed by atoms with Crippen LogP contribution < -0.4 is 10.0 Å². The van der Waals surface area contributed by atoms with E-state index in [0.29, 0.717) is 10.7 Å². The normalized spacial score (nSPS) is 11.9. The van der Waals surface area contributed by atoms with Gasteiger partial charge < -0.3 is 0 Å². The highest BCUT2D eigenvalue weighted by Gasteiger charge is 2.19. The Hall–Kier alpha value is -2.78. The molecule has 0 saturated heterocycles. The minimum absolute atomic E-state index is 0.0564. The summed E-state index contributed by atoms with van der Waals surface area (Å²) in [5.74, 6) is -0.859. The number of aromatic nitrogens is 1. The largest absolute Gasteiger partial charge is 0.298 e. The summed E-state index contributed by atoms with van der Waals surface area (Å²) >= 11 is 1.35. The Labute approximate surface area is 172 Å². The molecule has 0 unspecified atom stereocenters. The maximum Gasteiger partial charge on any atom is 0.261 e. The second-order valence-electron chi connectivity index (χ2n) is 7.38. The molecule has 0 fully saturated rings. The van der Waals surface area contributed by atoms with Crippen molar-refractivity contribution in [3.8, 4) is 0 Å². The second-order valence-corrected chi connectivity index (χ2v) is 9.92. The molecule has 1 heterocycles. The first-order chi connectivity index (χ1) is 13.5. The highest BCUT2D eigenvalue weighted by molar-refractivity contribution is 7.92. The highest BCUT2D eigenvalue weighted by Crippen LogP contribution is 2.26. The lowest BCUT2D eigenvalue weighted by molar-refractivity contribution is 0.102. The fourth-order valence-corrected chi connectivity index (χ4v) is 4.35. The van der Waals surface area contributed by atoms with Crippen LogP contribution in [0.1, 0.15) is 36.8 Å². The van der Waals surface area contributed by atoms with Gasteiger partial charge in [0.2, 0.25) is 0 Å². The second kappa shape index (κ2) is 7.92. The first-order valence-corrected chi connectivity index (χ1v) is 11.1. The summed E-state index contributed by atoms with van der Waals surface area (Å²) in [5.41, 5.74) is 1.43. The SMILES string of the molecule is CC(C)(C)c1csc(NC(=O)c2ccc(NS(=O)(=O)c3ccc(F)cc3)cc2)n1. The van der Waals surface area contributed by atoms with Gasteiger partial charge in [-0.3, -0.25) is 14.8 Å². The van der Waals surface area contributed by atoms with Gasteiger partial charge in [0, 0.05) is 22.0 Å². The van der Waals surface area contributed by atoms with E-state index in [0.717, 1.165) is 17.8 Å². The molecule has 152 valence electrons. The van der Waals surface area contributed by atoms with Crippen molar-refractivity contribution in [1.29, 1.82) is 0 Å². The van der Waals surface area contributed by atoms with Gasteiger partial charge in [0.25, 0.3) is 15.9 Å². The molecule has 1 amide bonds. The average Bonchev–Trinajstić information content (AvgIpc) is 3.11. The van der Waals surface area contributed by atoms with E-state index in [9.17, 15) is 17.6 Å². The van der Waals surface area contributed by atoms with E-state index in [1.807, 2.05) is 26.2 Å². The zero-order valence-corrected chi connectivity index (χ0v) is 17.7. The molecule has 0 radical (unpaired) electrons. The van der Waals surface area contributed by atoms with E-state index >= 15 is 0 Å². The molecule has 0 aliphatic rings. The number of amides is 1. The minimum Gasteiger partial charge on any atom is -0.298 e. The molecule has 6 nitrogen and oxygen atoms in total. The van der Waals surface area contributed by atoms with Gasteiger partial charge in [-0.2, -0.15) is 0 Å². The topological polar surface area (TPSA) is 88.2 Å². The molecular formula is C20H20FN3O3S2. The number of rotatable bonds is 5. The number of sulfonamides is 1. The van der Waals surface area contributed by atoms with E-state index in [4.69, 9.17) is 0 Å². The van der Waals surface area contributed by atoms with Gasteiger partial charge in [0.05, 0.1) is 10.6 Å². The molecule has 0 atom stereocenters. The molecule has 0 aliphatic carbocycles. The molecule has 0 aliphatic heterocycles. The summed E-state index contributed by atoms with van der Waals surface area (Å²) in [4.78, 5) is 16.8. The average molecular weight is 434 g/mol. The van der Waals surface area contributed by atoms with Crippen LogP contribution in [0, 0.1) is 5.82 Å². The number of thiazole rings is 1. The number of nitrogens with zero attached hydrogens (tertiary/aromatic N) is 1. The van der Waals surface area contributed by atoms with Crippen molar-refractivity contribution < 1.29 is 17.6 Å². The van der Waals surface area contributed by atoms with Crippen LogP contribution in [0.3, 0.4) is 0 Å². The number of halogens is 1. The number of carbonyl (C=O) groups excluding carboxylic acids is 1. The summed E-state index contributed by atoms with van der Waals surface area (Å²) in [5, 5.41) is 5.15. The van der Waals surface area contributed by atoms with Crippen molar-refractivity contribution in [1.82, 2.24) is 4.98 Å². The number of hydrogen-bond donors (Lipinski definition) is 2. The van der Waals surface area contributed by atoms with Crippen molar-refractivity contribution in [3.05, 3.63) is 71.0 Å². The molecule has 0 saturated carbocycles. The lowest BCUT2D eigenvalue weighted by atomic mass is 9.93. The highest BCUT2D eigenvalue weighted by atomic mass is 32.2.